The zero-order valence-electron chi connectivity index (χ0n) is 15.5. The summed E-state index contributed by atoms with van der Waals surface area (Å²) in [6, 6.07) is 16.7. The molecule has 0 aliphatic rings. The Kier molecular flexibility index (Phi) is 3.65. The smallest absolute Gasteiger partial charge is 0.131 e. The van der Waals surface area contributed by atoms with Crippen molar-refractivity contribution < 1.29 is 4.39 Å². The van der Waals surface area contributed by atoms with Crippen LogP contribution < -0.4 is 0 Å². The zero-order valence-corrected chi connectivity index (χ0v) is 15.5. The fourth-order valence-corrected chi connectivity index (χ4v) is 3.55. The minimum atomic E-state index is -0.230. The average molecular weight is 371 g/mol. The number of H-pyrrole nitrogens is 2. The van der Waals surface area contributed by atoms with Gasteiger partial charge in [0.2, 0.25) is 0 Å². The summed E-state index contributed by atoms with van der Waals surface area (Å²) < 4.78 is 16.3. The van der Waals surface area contributed by atoms with E-state index in [-0.39, 0.29) is 5.82 Å². The van der Waals surface area contributed by atoms with Crippen molar-refractivity contribution >= 4 is 10.9 Å². The minimum absolute atomic E-state index is 0.230. The van der Waals surface area contributed by atoms with Crippen LogP contribution in [-0.4, -0.2) is 24.7 Å². The third-order valence-electron chi connectivity index (χ3n) is 5.18. The molecule has 5 rings (SSSR count). The van der Waals surface area contributed by atoms with Crippen molar-refractivity contribution in [3.8, 4) is 33.9 Å². The van der Waals surface area contributed by atoms with E-state index in [2.05, 4.69) is 20.2 Å². The largest absolute Gasteiger partial charge is 0.353 e. The summed E-state index contributed by atoms with van der Waals surface area (Å²) in [7, 11) is 1.97. The molecule has 28 heavy (non-hydrogen) atoms. The van der Waals surface area contributed by atoms with E-state index >= 15 is 0 Å². The molecule has 0 atom stereocenters. The molecule has 0 aliphatic carbocycles. The summed E-state index contributed by atoms with van der Waals surface area (Å²) in [6.45, 7) is 1.96. The number of nitrogens with one attached hydrogen (secondary N) is 2. The average Bonchev–Trinajstić information content (AvgIpc) is 3.41. The Hall–Kier alpha value is -3.67. The van der Waals surface area contributed by atoms with Crippen molar-refractivity contribution in [2.75, 3.05) is 0 Å². The molecule has 0 bridgehead atoms. The highest BCUT2D eigenvalue weighted by molar-refractivity contribution is 5.98. The van der Waals surface area contributed by atoms with Crippen molar-refractivity contribution in [2.45, 2.75) is 6.92 Å². The number of halogens is 1. The summed E-state index contributed by atoms with van der Waals surface area (Å²) in [5, 5.41) is 8.50. The number of hydrogen-bond donors (Lipinski definition) is 2. The SMILES string of the molecule is Cc1ncc(-c2cc(-c3cc4c(-c5ccccc5F)cccc4[nH]3)n[nH]2)n1C. The Balaban J connectivity index is 1.61. The lowest BCUT2D eigenvalue weighted by molar-refractivity contribution is 0.631. The van der Waals surface area contributed by atoms with E-state index in [1.165, 1.54) is 6.07 Å². The predicted molar refractivity (Wildman–Crippen MR) is 108 cm³/mol. The van der Waals surface area contributed by atoms with Crippen LogP contribution in [0.2, 0.25) is 0 Å². The first kappa shape index (κ1) is 16.5. The molecule has 6 heteroatoms. The lowest BCUT2D eigenvalue weighted by Gasteiger charge is -2.04. The van der Waals surface area contributed by atoms with Gasteiger partial charge in [-0.2, -0.15) is 5.10 Å². The minimum Gasteiger partial charge on any atom is -0.353 e. The number of nitrogens with zero attached hydrogens (tertiary/aromatic N) is 3. The van der Waals surface area contributed by atoms with Crippen molar-refractivity contribution in [1.82, 2.24) is 24.7 Å². The first-order chi connectivity index (χ1) is 13.6. The van der Waals surface area contributed by atoms with Crippen molar-refractivity contribution in [2.24, 2.45) is 7.05 Å². The monoisotopic (exact) mass is 371 g/mol. The van der Waals surface area contributed by atoms with Gasteiger partial charge < -0.3 is 9.55 Å². The van der Waals surface area contributed by atoms with Crippen LogP contribution in [0.25, 0.3) is 44.8 Å². The molecule has 3 aromatic heterocycles. The quantitative estimate of drug-likeness (QED) is 0.465. The van der Waals surface area contributed by atoms with Crippen LogP contribution in [-0.2, 0) is 7.05 Å². The van der Waals surface area contributed by atoms with Crippen LogP contribution in [0.3, 0.4) is 0 Å². The summed E-state index contributed by atoms with van der Waals surface area (Å²) >= 11 is 0. The molecule has 0 spiro atoms. The summed E-state index contributed by atoms with van der Waals surface area (Å²) in [5.74, 6) is 0.706. The zero-order chi connectivity index (χ0) is 19.3. The van der Waals surface area contributed by atoms with Crippen LogP contribution in [0, 0.1) is 12.7 Å². The third-order valence-corrected chi connectivity index (χ3v) is 5.18. The van der Waals surface area contributed by atoms with Gasteiger partial charge in [0.05, 0.1) is 23.3 Å². The van der Waals surface area contributed by atoms with Crippen LogP contribution >= 0.6 is 0 Å². The maximum Gasteiger partial charge on any atom is 0.131 e. The Morgan fingerprint density at radius 3 is 2.57 bits per heavy atom. The highest BCUT2D eigenvalue weighted by Crippen LogP contribution is 2.33. The molecule has 0 amide bonds. The Morgan fingerprint density at radius 2 is 1.79 bits per heavy atom. The van der Waals surface area contributed by atoms with Crippen LogP contribution in [0.4, 0.5) is 4.39 Å². The molecule has 0 unspecified atom stereocenters. The fraction of sp³-hybridized carbons (Fsp3) is 0.0909. The van der Waals surface area contributed by atoms with Crippen molar-refractivity contribution in [1.29, 1.82) is 0 Å². The van der Waals surface area contributed by atoms with Gasteiger partial charge in [-0.15, -0.1) is 0 Å². The molecule has 2 N–H and O–H groups in total. The number of fused-ring (bicyclic) bond motifs is 1. The second-order valence-corrected chi connectivity index (χ2v) is 6.85. The molecular weight excluding hydrogens is 353 g/mol. The van der Waals surface area contributed by atoms with Crippen molar-refractivity contribution in [3.63, 3.8) is 0 Å². The number of aromatic amines is 2. The second-order valence-electron chi connectivity index (χ2n) is 6.85. The number of imidazole rings is 1. The van der Waals surface area contributed by atoms with Gasteiger partial charge in [0.15, 0.2) is 0 Å². The van der Waals surface area contributed by atoms with Gasteiger partial charge in [-0.3, -0.25) is 5.10 Å². The molecule has 0 radical (unpaired) electrons. The topological polar surface area (TPSA) is 62.3 Å². The standard InChI is InChI=1S/C22H18FN5/c1-13-24-12-22(28(13)2)21-11-20(26-27-21)19-10-16-14(7-5-9-18(16)25-19)15-6-3-4-8-17(15)23/h3-12,25H,1-2H3,(H,26,27). The van der Waals surface area contributed by atoms with E-state index in [4.69, 9.17) is 0 Å². The van der Waals surface area contributed by atoms with E-state index in [0.717, 1.165) is 45.1 Å². The molecular formula is C22H18FN5. The van der Waals surface area contributed by atoms with Gasteiger partial charge in [0.25, 0.3) is 0 Å². The number of aromatic nitrogens is 5. The number of benzene rings is 2. The Labute approximate surface area is 160 Å². The van der Waals surface area contributed by atoms with Gasteiger partial charge >= 0.3 is 0 Å². The maximum atomic E-state index is 14.3. The van der Waals surface area contributed by atoms with E-state index in [1.807, 2.05) is 61.1 Å². The molecule has 0 saturated heterocycles. The van der Waals surface area contributed by atoms with Gasteiger partial charge in [0, 0.05) is 23.5 Å². The second kappa shape index (κ2) is 6.20. The summed E-state index contributed by atoms with van der Waals surface area (Å²) in [5.41, 5.74) is 5.93. The first-order valence-corrected chi connectivity index (χ1v) is 9.03. The molecule has 0 fully saturated rings. The van der Waals surface area contributed by atoms with Gasteiger partial charge in [0.1, 0.15) is 17.3 Å². The number of rotatable bonds is 3. The van der Waals surface area contributed by atoms with Crippen molar-refractivity contribution in [3.05, 3.63) is 72.4 Å². The molecule has 3 heterocycles. The van der Waals surface area contributed by atoms with E-state index in [1.54, 1.807) is 12.1 Å². The first-order valence-electron chi connectivity index (χ1n) is 9.03. The molecule has 2 aromatic carbocycles. The van der Waals surface area contributed by atoms with Gasteiger partial charge in [-0.05, 0) is 36.8 Å². The molecule has 0 aliphatic heterocycles. The van der Waals surface area contributed by atoms with Gasteiger partial charge in [-0.25, -0.2) is 9.37 Å². The predicted octanol–water partition coefficient (Wildman–Crippen LogP) is 5.07. The summed E-state index contributed by atoms with van der Waals surface area (Å²) in [6.07, 6.45) is 1.83. The van der Waals surface area contributed by atoms with Crippen LogP contribution in [0.1, 0.15) is 5.82 Å². The fourth-order valence-electron chi connectivity index (χ4n) is 3.55. The highest BCUT2D eigenvalue weighted by Gasteiger charge is 2.14. The Morgan fingerprint density at radius 1 is 0.964 bits per heavy atom. The highest BCUT2D eigenvalue weighted by atomic mass is 19.1. The van der Waals surface area contributed by atoms with Crippen LogP contribution in [0.15, 0.2) is 60.8 Å². The van der Waals surface area contributed by atoms with Crippen LogP contribution in [0.5, 0.6) is 0 Å². The molecule has 5 nitrogen and oxygen atoms in total. The maximum absolute atomic E-state index is 14.3. The number of hydrogen-bond acceptors (Lipinski definition) is 2. The van der Waals surface area contributed by atoms with E-state index in [9.17, 15) is 4.39 Å². The van der Waals surface area contributed by atoms with Gasteiger partial charge in [-0.1, -0.05) is 30.3 Å². The lowest BCUT2D eigenvalue weighted by atomic mass is 10.0. The molecule has 138 valence electrons. The normalized spacial score (nSPS) is 11.4. The number of aryl methyl sites for hydroxylation is 1. The van der Waals surface area contributed by atoms with E-state index in [0.29, 0.717) is 5.56 Å². The third kappa shape index (κ3) is 2.53. The lowest BCUT2D eigenvalue weighted by Crippen LogP contribution is -1.94. The summed E-state index contributed by atoms with van der Waals surface area (Å²) in [4.78, 5) is 7.73. The van der Waals surface area contributed by atoms with E-state index < -0.39 is 0 Å². The molecule has 5 aromatic rings. The Bertz CT molecular complexity index is 1310. The molecule has 0 saturated carbocycles.